The van der Waals surface area contributed by atoms with Gasteiger partial charge in [-0.25, -0.2) is 0 Å². The quantitative estimate of drug-likeness (QED) is 0.741. The molecule has 1 aliphatic carbocycles. The van der Waals surface area contributed by atoms with E-state index >= 15 is 0 Å². The summed E-state index contributed by atoms with van der Waals surface area (Å²) in [5.74, 6) is -2.36. The fourth-order valence-corrected chi connectivity index (χ4v) is 3.40. The van der Waals surface area contributed by atoms with Crippen molar-refractivity contribution in [2.75, 3.05) is 26.3 Å². The number of aromatic nitrogens is 2. The predicted octanol–water partition coefficient (Wildman–Crippen LogP) is 2.02. The maximum atomic E-state index is 12.7. The van der Waals surface area contributed by atoms with Crippen LogP contribution in [-0.4, -0.2) is 59.2 Å². The van der Waals surface area contributed by atoms with Gasteiger partial charge >= 0.3 is 12.1 Å². The molecule has 32 heavy (non-hydrogen) atoms. The molecular weight excluding hydrogens is 431 g/mol. The van der Waals surface area contributed by atoms with Crippen molar-refractivity contribution in [3.05, 3.63) is 35.7 Å². The Morgan fingerprint density at radius 1 is 1.28 bits per heavy atom. The van der Waals surface area contributed by atoms with E-state index in [1.54, 1.807) is 4.90 Å². The Balaban J connectivity index is 1.38. The summed E-state index contributed by atoms with van der Waals surface area (Å²) in [7, 11) is 0. The third kappa shape index (κ3) is 4.29. The summed E-state index contributed by atoms with van der Waals surface area (Å²) in [6.45, 7) is 1.09. The Labute approximate surface area is 180 Å². The molecule has 1 saturated carbocycles. The first-order chi connectivity index (χ1) is 15.2. The number of halogens is 3. The van der Waals surface area contributed by atoms with Crippen molar-refractivity contribution in [2.24, 2.45) is 5.41 Å². The van der Waals surface area contributed by atoms with Crippen LogP contribution in [0.15, 0.2) is 28.8 Å². The van der Waals surface area contributed by atoms with Gasteiger partial charge in [-0.3, -0.25) is 9.59 Å². The van der Waals surface area contributed by atoms with E-state index in [-0.39, 0.29) is 36.0 Å². The van der Waals surface area contributed by atoms with E-state index in [1.807, 2.05) is 0 Å². The zero-order valence-electron chi connectivity index (χ0n) is 16.7. The molecule has 1 aromatic heterocycles. The normalized spacial score (nSPS) is 19.8. The largest absolute Gasteiger partial charge is 0.471 e. The van der Waals surface area contributed by atoms with E-state index in [0.29, 0.717) is 26.0 Å². The Bertz CT molecular complexity index is 1060. The molecule has 0 radical (unpaired) electrons. The number of benzene rings is 1. The van der Waals surface area contributed by atoms with Crippen LogP contribution in [0.2, 0.25) is 0 Å². The van der Waals surface area contributed by atoms with Crippen LogP contribution in [0.5, 0.6) is 0 Å². The second-order valence-corrected chi connectivity index (χ2v) is 7.63. The highest BCUT2D eigenvalue weighted by Crippen LogP contribution is 2.46. The Kier molecular flexibility index (Phi) is 5.60. The summed E-state index contributed by atoms with van der Waals surface area (Å²) in [6, 6.07) is 7.34. The maximum Gasteiger partial charge on any atom is 0.471 e. The Morgan fingerprint density at radius 2 is 2.00 bits per heavy atom. The summed E-state index contributed by atoms with van der Waals surface area (Å²) < 4.78 is 47.4. The lowest BCUT2D eigenvalue weighted by Crippen LogP contribution is -2.55. The van der Waals surface area contributed by atoms with E-state index in [1.165, 1.54) is 24.3 Å². The summed E-state index contributed by atoms with van der Waals surface area (Å²) in [5.41, 5.74) is -0.431. The molecule has 9 nitrogen and oxygen atoms in total. The molecule has 12 heteroatoms. The molecule has 0 bridgehead atoms. The second-order valence-electron chi connectivity index (χ2n) is 7.63. The molecule has 2 aliphatic rings. The molecule has 2 heterocycles. The van der Waals surface area contributed by atoms with Gasteiger partial charge in [-0.05, 0) is 25.0 Å². The number of rotatable bonds is 5. The Hall–Kier alpha value is -3.46. The van der Waals surface area contributed by atoms with Crippen molar-refractivity contribution in [1.82, 2.24) is 20.4 Å². The predicted molar refractivity (Wildman–Crippen MR) is 101 cm³/mol. The lowest BCUT2D eigenvalue weighted by molar-refractivity contribution is -0.159. The highest BCUT2D eigenvalue weighted by Gasteiger charge is 2.53. The van der Waals surface area contributed by atoms with Gasteiger partial charge in [0.05, 0.1) is 25.3 Å². The van der Waals surface area contributed by atoms with Crippen molar-refractivity contribution >= 4 is 11.8 Å². The molecule has 0 unspecified atom stereocenters. The van der Waals surface area contributed by atoms with Gasteiger partial charge in [0.1, 0.15) is 5.41 Å². The molecule has 1 aromatic carbocycles. The van der Waals surface area contributed by atoms with Crippen molar-refractivity contribution in [2.45, 2.75) is 25.1 Å². The monoisotopic (exact) mass is 449 g/mol. The lowest BCUT2D eigenvalue weighted by atomic mass is 10.1. The molecule has 1 saturated heterocycles. The van der Waals surface area contributed by atoms with Crippen LogP contribution >= 0.6 is 0 Å². The summed E-state index contributed by atoms with van der Waals surface area (Å²) >= 11 is 0. The van der Waals surface area contributed by atoms with Gasteiger partial charge in [0, 0.05) is 24.2 Å². The molecular formula is C20H18F3N5O4. The molecule has 1 atom stereocenters. The fraction of sp³-hybridized carbons (Fsp3) is 0.450. The van der Waals surface area contributed by atoms with Crippen LogP contribution in [0.1, 0.15) is 29.1 Å². The first kappa shape index (κ1) is 21.8. The number of alkyl halides is 3. The number of ether oxygens (including phenoxy) is 1. The van der Waals surface area contributed by atoms with Gasteiger partial charge in [-0.1, -0.05) is 17.3 Å². The minimum absolute atomic E-state index is 0.133. The SMILES string of the molecule is N#CC1(C(=O)N2CCOC[C@@H]2CNC(=O)c2ccc(-c3noc(C(F)(F)F)n3)cc2)CC1. The summed E-state index contributed by atoms with van der Waals surface area (Å²) in [6.07, 6.45) is -3.67. The number of hydrogen-bond donors (Lipinski definition) is 1. The van der Waals surface area contributed by atoms with Crippen LogP contribution in [0.25, 0.3) is 11.4 Å². The average Bonchev–Trinajstić information content (AvgIpc) is 3.43. The van der Waals surface area contributed by atoms with Crippen LogP contribution in [-0.2, 0) is 15.7 Å². The number of hydrogen-bond acceptors (Lipinski definition) is 7. The number of morpholine rings is 1. The smallest absolute Gasteiger partial charge is 0.377 e. The van der Waals surface area contributed by atoms with Crippen LogP contribution in [0.3, 0.4) is 0 Å². The minimum atomic E-state index is -4.74. The second kappa shape index (κ2) is 8.23. The van der Waals surface area contributed by atoms with Gasteiger partial charge in [-0.2, -0.15) is 23.4 Å². The van der Waals surface area contributed by atoms with E-state index in [0.717, 1.165) is 0 Å². The average molecular weight is 449 g/mol. The first-order valence-electron chi connectivity index (χ1n) is 9.83. The number of amides is 2. The maximum absolute atomic E-state index is 12.7. The molecule has 1 N–H and O–H groups in total. The number of nitrogens with zero attached hydrogens (tertiary/aromatic N) is 4. The molecule has 1 aliphatic heterocycles. The number of nitrogens with one attached hydrogen (secondary N) is 1. The zero-order valence-corrected chi connectivity index (χ0v) is 16.7. The van der Waals surface area contributed by atoms with E-state index in [9.17, 15) is 28.0 Å². The van der Waals surface area contributed by atoms with Crippen molar-refractivity contribution < 1.29 is 32.0 Å². The van der Waals surface area contributed by atoms with Gasteiger partial charge in [-0.15, -0.1) is 0 Å². The van der Waals surface area contributed by atoms with Crippen LogP contribution in [0, 0.1) is 16.7 Å². The fourth-order valence-electron chi connectivity index (χ4n) is 3.40. The number of nitriles is 1. The van der Waals surface area contributed by atoms with Gasteiger partial charge in [0.2, 0.25) is 11.7 Å². The van der Waals surface area contributed by atoms with Gasteiger partial charge in [0.25, 0.3) is 5.91 Å². The van der Waals surface area contributed by atoms with Gasteiger partial charge < -0.3 is 19.5 Å². The topological polar surface area (TPSA) is 121 Å². The highest BCUT2D eigenvalue weighted by atomic mass is 19.4. The minimum Gasteiger partial charge on any atom is -0.377 e. The first-order valence-corrected chi connectivity index (χ1v) is 9.83. The Morgan fingerprint density at radius 3 is 2.59 bits per heavy atom. The summed E-state index contributed by atoms with van der Waals surface area (Å²) in [4.78, 5) is 30.1. The van der Waals surface area contributed by atoms with Gasteiger partial charge in [0.15, 0.2) is 0 Å². The van der Waals surface area contributed by atoms with Crippen LogP contribution in [0.4, 0.5) is 13.2 Å². The van der Waals surface area contributed by atoms with E-state index in [2.05, 4.69) is 26.0 Å². The molecule has 4 rings (SSSR count). The standard InChI is InChI=1S/C20H18F3N5O4/c21-20(22,23)17-26-15(27-32-17)12-1-3-13(4-2-12)16(29)25-9-14-10-31-8-7-28(14)18(30)19(11-24)5-6-19/h1-4,14H,5-10H2,(H,25,29)/t14-/m0/s1. The summed E-state index contributed by atoms with van der Waals surface area (Å²) in [5, 5.41) is 15.3. The zero-order chi connectivity index (χ0) is 22.9. The molecule has 2 aromatic rings. The lowest BCUT2D eigenvalue weighted by Gasteiger charge is -2.36. The molecule has 168 valence electrons. The number of carbonyl (C=O) groups is 2. The van der Waals surface area contributed by atoms with Crippen LogP contribution < -0.4 is 5.32 Å². The van der Waals surface area contributed by atoms with Crippen molar-refractivity contribution in [3.8, 4) is 17.5 Å². The highest BCUT2D eigenvalue weighted by molar-refractivity contribution is 5.94. The van der Waals surface area contributed by atoms with E-state index < -0.39 is 29.4 Å². The molecule has 0 spiro atoms. The third-order valence-electron chi connectivity index (χ3n) is 5.43. The number of carbonyl (C=O) groups excluding carboxylic acids is 2. The third-order valence-corrected chi connectivity index (χ3v) is 5.43. The molecule has 2 fully saturated rings. The van der Waals surface area contributed by atoms with E-state index in [4.69, 9.17) is 4.74 Å². The molecule has 2 amide bonds. The van der Waals surface area contributed by atoms with Crippen molar-refractivity contribution in [1.29, 1.82) is 5.26 Å². The van der Waals surface area contributed by atoms with Crippen molar-refractivity contribution in [3.63, 3.8) is 0 Å².